The standard InChI is InChI=1S/C32H32F3N3O3/c1-31(2,3)41-30(40)36-19-26-17-24-16-23(18-27(28(24)37-26)21-8-10-25(33)11-9-21)20-4-6-22(7-5-20)29(39)38-14-12-32(34,35)13-15-38/h4-11,16-18,37H,12-15,19H2,1-3H3,(H,36,40). The number of nitrogens with zero attached hydrogens (tertiary/aromatic N) is 1. The van der Waals surface area contributed by atoms with Crippen molar-refractivity contribution < 1.29 is 27.5 Å². The number of alkyl halides is 2. The molecule has 1 saturated heterocycles. The van der Waals surface area contributed by atoms with Crippen molar-refractivity contribution in [3.63, 3.8) is 0 Å². The molecule has 0 bridgehead atoms. The normalized spacial score (nSPS) is 15.1. The van der Waals surface area contributed by atoms with Gasteiger partial charge in [0.25, 0.3) is 11.8 Å². The number of carbonyl (C=O) groups excluding carboxylic acids is 2. The lowest BCUT2D eigenvalue weighted by Gasteiger charge is -2.31. The van der Waals surface area contributed by atoms with Crippen molar-refractivity contribution in [1.82, 2.24) is 15.2 Å². The first-order valence-corrected chi connectivity index (χ1v) is 13.5. The number of rotatable bonds is 5. The average Bonchev–Trinajstić information content (AvgIpc) is 3.34. The molecule has 3 aromatic carbocycles. The highest BCUT2D eigenvalue weighted by Gasteiger charge is 2.35. The van der Waals surface area contributed by atoms with Crippen LogP contribution in [0.5, 0.6) is 0 Å². The first-order chi connectivity index (χ1) is 19.4. The number of likely N-dealkylation sites (tertiary alicyclic amines) is 1. The number of piperidine rings is 1. The smallest absolute Gasteiger partial charge is 0.407 e. The number of hydrogen-bond donors (Lipinski definition) is 2. The Balaban J connectivity index is 1.44. The summed E-state index contributed by atoms with van der Waals surface area (Å²) in [5.74, 6) is -3.32. The molecule has 0 aliphatic carbocycles. The zero-order chi connectivity index (χ0) is 29.4. The Morgan fingerprint density at radius 1 is 0.927 bits per heavy atom. The number of alkyl carbamates (subject to hydrolysis) is 1. The van der Waals surface area contributed by atoms with Crippen molar-refractivity contribution in [2.45, 2.75) is 51.7 Å². The molecule has 1 aromatic heterocycles. The van der Waals surface area contributed by atoms with Gasteiger partial charge in [-0.15, -0.1) is 0 Å². The molecular formula is C32H32F3N3O3. The van der Waals surface area contributed by atoms with Crippen LogP contribution in [0.25, 0.3) is 33.2 Å². The Morgan fingerprint density at radius 2 is 1.56 bits per heavy atom. The molecule has 2 heterocycles. The van der Waals surface area contributed by atoms with Gasteiger partial charge in [-0.05, 0) is 79.9 Å². The maximum atomic E-state index is 13.7. The summed E-state index contributed by atoms with van der Waals surface area (Å²) in [4.78, 5) is 29.9. The molecule has 5 rings (SSSR count). The number of H-pyrrole nitrogens is 1. The summed E-state index contributed by atoms with van der Waals surface area (Å²) in [7, 11) is 0. The Labute approximate surface area is 236 Å². The van der Waals surface area contributed by atoms with Gasteiger partial charge in [0.1, 0.15) is 11.4 Å². The van der Waals surface area contributed by atoms with Gasteiger partial charge in [-0.1, -0.05) is 24.3 Å². The summed E-state index contributed by atoms with van der Waals surface area (Å²) in [5.41, 5.74) is 4.80. The van der Waals surface area contributed by atoms with Crippen LogP contribution in [0.4, 0.5) is 18.0 Å². The van der Waals surface area contributed by atoms with Gasteiger partial charge in [0.05, 0.1) is 12.1 Å². The summed E-state index contributed by atoms with van der Waals surface area (Å²) < 4.78 is 46.1. The van der Waals surface area contributed by atoms with Crippen LogP contribution in [0.15, 0.2) is 66.7 Å². The molecule has 0 spiro atoms. The Morgan fingerprint density at radius 3 is 2.20 bits per heavy atom. The van der Waals surface area contributed by atoms with E-state index in [0.29, 0.717) is 5.56 Å². The molecule has 1 aliphatic rings. The monoisotopic (exact) mass is 563 g/mol. The molecular weight excluding hydrogens is 531 g/mol. The molecule has 1 aliphatic heterocycles. The lowest BCUT2D eigenvalue weighted by atomic mass is 9.95. The third kappa shape index (κ3) is 6.73. The lowest BCUT2D eigenvalue weighted by Crippen LogP contribution is -2.42. The fourth-order valence-electron chi connectivity index (χ4n) is 4.93. The number of aromatic amines is 1. The molecule has 4 aromatic rings. The summed E-state index contributed by atoms with van der Waals surface area (Å²) in [6.07, 6.45) is -1.17. The highest BCUT2D eigenvalue weighted by atomic mass is 19.3. The fraction of sp³-hybridized carbons (Fsp3) is 0.312. The van der Waals surface area contributed by atoms with Gasteiger partial charge < -0.3 is 19.9 Å². The van der Waals surface area contributed by atoms with Crippen molar-refractivity contribution in [2.24, 2.45) is 0 Å². The first-order valence-electron chi connectivity index (χ1n) is 13.5. The first kappa shape index (κ1) is 28.3. The zero-order valence-electron chi connectivity index (χ0n) is 23.2. The largest absolute Gasteiger partial charge is 0.444 e. The number of ether oxygens (including phenoxy) is 1. The van der Waals surface area contributed by atoms with Crippen molar-refractivity contribution in [2.75, 3.05) is 13.1 Å². The molecule has 0 atom stereocenters. The van der Waals surface area contributed by atoms with E-state index in [1.165, 1.54) is 17.0 Å². The quantitative estimate of drug-likeness (QED) is 0.264. The van der Waals surface area contributed by atoms with Crippen LogP contribution in [0, 0.1) is 5.82 Å². The number of amides is 2. The molecule has 1 fully saturated rings. The van der Waals surface area contributed by atoms with E-state index in [0.717, 1.165) is 38.9 Å². The molecule has 6 nitrogen and oxygen atoms in total. The molecule has 0 saturated carbocycles. The van der Waals surface area contributed by atoms with Gasteiger partial charge in [-0.2, -0.15) is 0 Å². The molecule has 41 heavy (non-hydrogen) atoms. The van der Waals surface area contributed by atoms with E-state index in [-0.39, 0.29) is 44.2 Å². The maximum absolute atomic E-state index is 13.7. The van der Waals surface area contributed by atoms with E-state index in [9.17, 15) is 22.8 Å². The summed E-state index contributed by atoms with van der Waals surface area (Å²) >= 11 is 0. The number of hydrogen-bond acceptors (Lipinski definition) is 3. The predicted octanol–water partition coefficient (Wildman–Crippen LogP) is 7.54. The van der Waals surface area contributed by atoms with Crippen LogP contribution in [-0.2, 0) is 11.3 Å². The zero-order valence-corrected chi connectivity index (χ0v) is 23.2. The van der Waals surface area contributed by atoms with Crippen LogP contribution in [0.3, 0.4) is 0 Å². The Hall–Kier alpha value is -4.27. The van der Waals surface area contributed by atoms with E-state index >= 15 is 0 Å². The summed E-state index contributed by atoms with van der Waals surface area (Å²) in [6.45, 7) is 5.67. The second kappa shape index (κ2) is 11.0. The Bertz CT molecular complexity index is 1560. The SMILES string of the molecule is CC(C)(C)OC(=O)NCc1cc2cc(-c3ccc(C(=O)N4CCC(F)(F)CC4)cc3)cc(-c3ccc(F)cc3)c2[nH]1. The Kier molecular flexibility index (Phi) is 7.55. The predicted molar refractivity (Wildman–Crippen MR) is 152 cm³/mol. The second-order valence-corrected chi connectivity index (χ2v) is 11.4. The number of benzene rings is 3. The minimum atomic E-state index is -2.72. The number of nitrogens with one attached hydrogen (secondary N) is 2. The highest BCUT2D eigenvalue weighted by molar-refractivity contribution is 5.99. The van der Waals surface area contributed by atoms with Crippen LogP contribution < -0.4 is 5.32 Å². The van der Waals surface area contributed by atoms with Crippen molar-refractivity contribution in [1.29, 1.82) is 0 Å². The molecule has 0 radical (unpaired) electrons. The molecule has 2 N–H and O–H groups in total. The fourth-order valence-corrected chi connectivity index (χ4v) is 4.93. The van der Waals surface area contributed by atoms with Gasteiger partial charge >= 0.3 is 6.09 Å². The van der Waals surface area contributed by atoms with Gasteiger partial charge in [-0.25, -0.2) is 18.0 Å². The number of fused-ring (bicyclic) bond motifs is 1. The van der Waals surface area contributed by atoms with E-state index in [1.807, 2.05) is 30.3 Å². The van der Waals surface area contributed by atoms with Gasteiger partial charge in [0, 0.05) is 48.1 Å². The minimum absolute atomic E-state index is 0.0316. The summed E-state index contributed by atoms with van der Waals surface area (Å²) in [6, 6.07) is 19.2. The topological polar surface area (TPSA) is 74.4 Å². The van der Waals surface area contributed by atoms with E-state index in [1.54, 1.807) is 45.0 Å². The number of carbonyl (C=O) groups is 2. The van der Waals surface area contributed by atoms with Crippen LogP contribution in [-0.4, -0.2) is 46.5 Å². The van der Waals surface area contributed by atoms with Gasteiger partial charge in [0.2, 0.25) is 0 Å². The number of aromatic nitrogens is 1. The van der Waals surface area contributed by atoms with Crippen LogP contribution in [0.1, 0.15) is 49.7 Å². The molecule has 214 valence electrons. The minimum Gasteiger partial charge on any atom is -0.444 e. The second-order valence-electron chi connectivity index (χ2n) is 11.4. The van der Waals surface area contributed by atoms with Crippen molar-refractivity contribution in [3.05, 3.63) is 83.8 Å². The molecule has 9 heteroatoms. The molecule has 0 unspecified atom stereocenters. The summed E-state index contributed by atoms with van der Waals surface area (Å²) in [5, 5.41) is 3.64. The van der Waals surface area contributed by atoms with Gasteiger partial charge in [-0.3, -0.25) is 4.79 Å². The van der Waals surface area contributed by atoms with E-state index in [2.05, 4.69) is 10.3 Å². The van der Waals surface area contributed by atoms with E-state index in [4.69, 9.17) is 4.74 Å². The van der Waals surface area contributed by atoms with Gasteiger partial charge in [0.15, 0.2) is 0 Å². The average molecular weight is 564 g/mol. The van der Waals surface area contributed by atoms with E-state index < -0.39 is 17.6 Å². The third-order valence-corrected chi connectivity index (χ3v) is 7.01. The van der Waals surface area contributed by atoms with Crippen molar-refractivity contribution in [3.8, 4) is 22.3 Å². The highest BCUT2D eigenvalue weighted by Crippen LogP contribution is 2.35. The van der Waals surface area contributed by atoms with Crippen molar-refractivity contribution >= 4 is 22.9 Å². The van der Waals surface area contributed by atoms with Crippen LogP contribution in [0.2, 0.25) is 0 Å². The lowest BCUT2D eigenvalue weighted by molar-refractivity contribution is -0.0494. The maximum Gasteiger partial charge on any atom is 0.407 e. The van der Waals surface area contributed by atoms with Crippen LogP contribution >= 0.6 is 0 Å². The molecule has 2 amide bonds. The number of halogens is 3. The third-order valence-electron chi connectivity index (χ3n) is 7.01.